The van der Waals surface area contributed by atoms with Crippen molar-refractivity contribution < 1.29 is 4.74 Å². The minimum Gasteiger partial charge on any atom is -0.489 e. The molecule has 0 aromatic heterocycles. The van der Waals surface area contributed by atoms with Gasteiger partial charge in [0.1, 0.15) is 11.8 Å². The van der Waals surface area contributed by atoms with Crippen LogP contribution in [0.1, 0.15) is 24.0 Å². The summed E-state index contributed by atoms with van der Waals surface area (Å²) in [7, 11) is 0. The van der Waals surface area contributed by atoms with E-state index in [0.717, 1.165) is 24.2 Å². The predicted molar refractivity (Wildman–Crippen MR) is 49.5 cm³/mol. The van der Waals surface area contributed by atoms with Gasteiger partial charge in [0.25, 0.3) is 0 Å². The highest BCUT2D eigenvalue weighted by atomic mass is 16.5. The third kappa shape index (κ3) is 1.81. The molecular formula is C11H11NO. The Labute approximate surface area is 77.8 Å². The van der Waals surface area contributed by atoms with E-state index in [4.69, 9.17) is 10.00 Å². The van der Waals surface area contributed by atoms with Gasteiger partial charge >= 0.3 is 0 Å². The van der Waals surface area contributed by atoms with E-state index in [1.165, 1.54) is 0 Å². The summed E-state index contributed by atoms with van der Waals surface area (Å²) in [4.78, 5) is 0. The van der Waals surface area contributed by atoms with Gasteiger partial charge in [-0.3, -0.25) is 0 Å². The maximum absolute atomic E-state index is 8.85. The smallest absolute Gasteiger partial charge is 0.137 e. The van der Waals surface area contributed by atoms with E-state index in [1.54, 1.807) is 0 Å². The summed E-state index contributed by atoms with van der Waals surface area (Å²) in [6.45, 7) is 1.97. The highest BCUT2D eigenvalue weighted by Crippen LogP contribution is 2.29. The first kappa shape index (κ1) is 8.12. The molecule has 1 aliphatic carbocycles. The summed E-state index contributed by atoms with van der Waals surface area (Å²) in [5.74, 6) is 0.732. The number of nitrogens with zero attached hydrogens (tertiary/aromatic N) is 1. The van der Waals surface area contributed by atoms with Crippen LogP contribution in [0.15, 0.2) is 18.2 Å². The van der Waals surface area contributed by atoms with E-state index in [1.807, 2.05) is 25.1 Å². The van der Waals surface area contributed by atoms with Crippen molar-refractivity contribution in [2.75, 3.05) is 0 Å². The Morgan fingerprint density at radius 1 is 1.46 bits per heavy atom. The maximum atomic E-state index is 8.85. The molecule has 1 aromatic carbocycles. The maximum Gasteiger partial charge on any atom is 0.137 e. The van der Waals surface area contributed by atoms with Gasteiger partial charge in [-0.2, -0.15) is 5.26 Å². The zero-order chi connectivity index (χ0) is 9.26. The Kier molecular flexibility index (Phi) is 1.94. The van der Waals surface area contributed by atoms with Crippen LogP contribution in [0, 0.1) is 18.3 Å². The van der Waals surface area contributed by atoms with Crippen LogP contribution < -0.4 is 4.74 Å². The van der Waals surface area contributed by atoms with Crippen LogP contribution >= 0.6 is 0 Å². The zero-order valence-corrected chi connectivity index (χ0v) is 7.58. The fraction of sp³-hybridized carbons (Fsp3) is 0.364. The van der Waals surface area contributed by atoms with Crippen molar-refractivity contribution in [1.82, 2.24) is 0 Å². The van der Waals surface area contributed by atoms with E-state index in [0.29, 0.717) is 11.7 Å². The second-order valence-corrected chi connectivity index (χ2v) is 3.43. The van der Waals surface area contributed by atoms with E-state index >= 15 is 0 Å². The van der Waals surface area contributed by atoms with Crippen molar-refractivity contribution in [3.05, 3.63) is 29.3 Å². The summed E-state index contributed by atoms with van der Waals surface area (Å²) >= 11 is 0. The molecule has 2 nitrogen and oxygen atoms in total. The second-order valence-electron chi connectivity index (χ2n) is 3.43. The van der Waals surface area contributed by atoms with Crippen LogP contribution in [0.3, 0.4) is 0 Å². The van der Waals surface area contributed by atoms with E-state index < -0.39 is 0 Å². The van der Waals surface area contributed by atoms with Gasteiger partial charge in [0, 0.05) is 0 Å². The molecule has 0 saturated heterocycles. The summed E-state index contributed by atoms with van der Waals surface area (Å²) in [5, 5.41) is 8.85. The third-order valence-corrected chi connectivity index (χ3v) is 2.07. The van der Waals surface area contributed by atoms with Crippen molar-refractivity contribution >= 4 is 0 Å². The zero-order valence-electron chi connectivity index (χ0n) is 7.58. The number of ether oxygens (including phenoxy) is 1. The fourth-order valence-corrected chi connectivity index (χ4v) is 1.20. The average Bonchev–Trinajstić information content (AvgIpc) is 2.92. The summed E-state index contributed by atoms with van der Waals surface area (Å²) in [6, 6.07) is 7.86. The van der Waals surface area contributed by atoms with Crippen molar-refractivity contribution in [2.24, 2.45) is 0 Å². The molecule has 0 bridgehead atoms. The normalized spacial score (nSPS) is 15.1. The molecule has 0 atom stereocenters. The fourth-order valence-electron chi connectivity index (χ4n) is 1.20. The first-order valence-electron chi connectivity index (χ1n) is 4.47. The lowest BCUT2D eigenvalue weighted by Gasteiger charge is -2.06. The van der Waals surface area contributed by atoms with Gasteiger partial charge in [0.2, 0.25) is 0 Å². The number of aryl methyl sites for hydroxylation is 1. The molecule has 0 unspecified atom stereocenters. The van der Waals surface area contributed by atoms with E-state index in [2.05, 4.69) is 6.07 Å². The summed E-state index contributed by atoms with van der Waals surface area (Å²) in [5.41, 5.74) is 1.74. The van der Waals surface area contributed by atoms with Crippen molar-refractivity contribution in [3.63, 3.8) is 0 Å². The van der Waals surface area contributed by atoms with Gasteiger partial charge in [-0.25, -0.2) is 0 Å². The van der Waals surface area contributed by atoms with Gasteiger partial charge < -0.3 is 4.74 Å². The molecule has 1 fully saturated rings. The first-order chi connectivity index (χ1) is 6.29. The third-order valence-electron chi connectivity index (χ3n) is 2.07. The Bertz CT molecular complexity index is 361. The molecule has 13 heavy (non-hydrogen) atoms. The molecule has 0 amide bonds. The van der Waals surface area contributed by atoms with Crippen molar-refractivity contribution in [1.29, 1.82) is 5.26 Å². The topological polar surface area (TPSA) is 33.0 Å². The standard InChI is InChI=1S/C11H11NO/c1-8-2-5-11(9(6-8)7-12)13-10-3-4-10/h2,5-6,10H,3-4H2,1H3. The van der Waals surface area contributed by atoms with Crippen LogP contribution in [0.25, 0.3) is 0 Å². The molecule has 0 radical (unpaired) electrons. The molecule has 2 heteroatoms. The van der Waals surface area contributed by atoms with Crippen LogP contribution in [-0.4, -0.2) is 6.10 Å². The minimum absolute atomic E-state index is 0.356. The summed E-state index contributed by atoms with van der Waals surface area (Å²) in [6.07, 6.45) is 2.60. The first-order valence-corrected chi connectivity index (χ1v) is 4.47. The van der Waals surface area contributed by atoms with Crippen LogP contribution in [0.5, 0.6) is 5.75 Å². The highest BCUT2D eigenvalue weighted by molar-refractivity contribution is 5.45. The highest BCUT2D eigenvalue weighted by Gasteiger charge is 2.24. The molecule has 1 saturated carbocycles. The van der Waals surface area contributed by atoms with Crippen LogP contribution in [0.2, 0.25) is 0 Å². The van der Waals surface area contributed by atoms with Gasteiger partial charge in [-0.15, -0.1) is 0 Å². The molecule has 0 aliphatic heterocycles. The quantitative estimate of drug-likeness (QED) is 0.688. The van der Waals surface area contributed by atoms with Crippen LogP contribution in [0.4, 0.5) is 0 Å². The molecule has 1 aromatic rings. The average molecular weight is 173 g/mol. The molecule has 0 N–H and O–H groups in total. The molecular weight excluding hydrogens is 162 g/mol. The van der Waals surface area contributed by atoms with Crippen LogP contribution in [-0.2, 0) is 0 Å². The van der Waals surface area contributed by atoms with E-state index in [9.17, 15) is 0 Å². The molecule has 0 heterocycles. The summed E-state index contributed by atoms with van der Waals surface area (Å²) < 4.78 is 5.58. The number of benzene rings is 1. The number of nitriles is 1. The van der Waals surface area contributed by atoms with Gasteiger partial charge in [-0.1, -0.05) is 6.07 Å². The lowest BCUT2D eigenvalue weighted by molar-refractivity contribution is 0.302. The van der Waals surface area contributed by atoms with Gasteiger partial charge in [0.05, 0.1) is 11.7 Å². The van der Waals surface area contributed by atoms with Gasteiger partial charge in [0.15, 0.2) is 0 Å². The molecule has 66 valence electrons. The molecule has 2 rings (SSSR count). The van der Waals surface area contributed by atoms with E-state index in [-0.39, 0.29) is 0 Å². The molecule has 0 spiro atoms. The monoisotopic (exact) mass is 173 g/mol. The van der Waals surface area contributed by atoms with Crippen molar-refractivity contribution in [3.8, 4) is 11.8 Å². The number of rotatable bonds is 2. The number of hydrogen-bond acceptors (Lipinski definition) is 2. The predicted octanol–water partition coefficient (Wildman–Crippen LogP) is 2.41. The minimum atomic E-state index is 0.356. The largest absolute Gasteiger partial charge is 0.489 e. The second kappa shape index (κ2) is 3.10. The Morgan fingerprint density at radius 3 is 2.85 bits per heavy atom. The number of hydrogen-bond donors (Lipinski definition) is 0. The molecule has 1 aliphatic rings. The van der Waals surface area contributed by atoms with Gasteiger partial charge in [-0.05, 0) is 37.5 Å². The lowest BCUT2D eigenvalue weighted by Crippen LogP contribution is -1.98. The Hall–Kier alpha value is -1.49. The van der Waals surface area contributed by atoms with Crippen molar-refractivity contribution in [2.45, 2.75) is 25.9 Å². The SMILES string of the molecule is Cc1ccc(OC2CC2)c(C#N)c1. The Balaban J connectivity index is 2.27. The lowest BCUT2D eigenvalue weighted by atomic mass is 10.1. The Morgan fingerprint density at radius 2 is 2.23 bits per heavy atom.